The topological polar surface area (TPSA) is 7.65 Å². The molecule has 60 heavy (non-hydrogen) atoms. The molecule has 13 rings (SSSR count). The minimum absolute atomic E-state index is 0.221. The predicted molar refractivity (Wildman–Crippen MR) is 257 cm³/mol. The maximum absolute atomic E-state index is 2.52. The highest BCUT2D eigenvalue weighted by Crippen LogP contribution is 2.53. The van der Waals surface area contributed by atoms with Gasteiger partial charge in [-0.25, -0.2) is 0 Å². The van der Waals surface area contributed by atoms with Crippen LogP contribution in [0.15, 0.2) is 194 Å². The summed E-state index contributed by atoms with van der Waals surface area (Å²) in [6.07, 6.45) is 0. The highest BCUT2D eigenvalue weighted by atomic mass is 32.1. The summed E-state index contributed by atoms with van der Waals surface area (Å²) < 4.78 is 5.14. The number of nitrogens with zero attached hydrogens (tertiary/aromatic N) is 2. The molecule has 282 valence electrons. The smallest absolute Gasteiger partial charge is 0.0620 e. The predicted octanol–water partition coefficient (Wildman–Crippen LogP) is 16.3. The summed E-state index contributed by atoms with van der Waals surface area (Å²) in [6, 6.07) is 72.3. The number of hydrogen-bond donors (Lipinski definition) is 0. The van der Waals surface area contributed by atoms with Gasteiger partial charge in [-0.2, -0.15) is 0 Å². The van der Waals surface area contributed by atoms with Gasteiger partial charge in [0.25, 0.3) is 0 Å². The fourth-order valence-corrected chi connectivity index (χ4v) is 11.6. The van der Waals surface area contributed by atoms with Gasteiger partial charge in [0, 0.05) is 69.8 Å². The number of rotatable bonds is 5. The Labute approximate surface area is 352 Å². The summed E-state index contributed by atoms with van der Waals surface area (Å²) >= 11 is 1.86. The van der Waals surface area contributed by atoms with Crippen molar-refractivity contribution in [2.24, 2.45) is 0 Å². The number of thiophene rings is 1. The van der Waals surface area contributed by atoms with Gasteiger partial charge >= 0.3 is 0 Å². The number of anilines is 3. The number of fused-ring (bicyclic) bond motifs is 12. The van der Waals surface area contributed by atoms with E-state index in [1.54, 1.807) is 0 Å². The van der Waals surface area contributed by atoms with Crippen LogP contribution in [-0.2, 0) is 5.41 Å². The van der Waals surface area contributed by atoms with E-state index in [1.165, 1.54) is 103 Å². The van der Waals surface area contributed by atoms with Crippen molar-refractivity contribution in [1.82, 2.24) is 4.40 Å². The van der Waals surface area contributed by atoms with Crippen LogP contribution >= 0.6 is 11.3 Å². The van der Waals surface area contributed by atoms with E-state index >= 15 is 0 Å². The summed E-state index contributed by atoms with van der Waals surface area (Å²) in [7, 11) is 0. The molecule has 2 nitrogen and oxygen atoms in total. The van der Waals surface area contributed by atoms with Gasteiger partial charge in [-0.05, 0) is 99.6 Å². The van der Waals surface area contributed by atoms with Gasteiger partial charge in [-0.3, -0.25) is 0 Å². The lowest BCUT2D eigenvalue weighted by molar-refractivity contribution is 0.660. The molecule has 3 heterocycles. The number of hydrogen-bond acceptors (Lipinski definition) is 2. The van der Waals surface area contributed by atoms with Crippen molar-refractivity contribution < 1.29 is 0 Å². The van der Waals surface area contributed by atoms with Crippen LogP contribution in [0, 0.1) is 0 Å². The molecule has 1 aliphatic rings. The van der Waals surface area contributed by atoms with E-state index in [4.69, 9.17) is 0 Å². The zero-order valence-electron chi connectivity index (χ0n) is 33.3. The van der Waals surface area contributed by atoms with Crippen LogP contribution in [0.2, 0.25) is 0 Å². The molecule has 0 bridgehead atoms. The molecular weight excluding hydrogens is 745 g/mol. The lowest BCUT2D eigenvalue weighted by atomic mass is 9.81. The molecule has 0 spiro atoms. The molecular formula is C57H38N2S. The van der Waals surface area contributed by atoms with E-state index in [2.05, 4.69) is 217 Å². The average molecular weight is 783 g/mol. The molecule has 0 aliphatic heterocycles. The van der Waals surface area contributed by atoms with E-state index in [0.29, 0.717) is 0 Å². The van der Waals surface area contributed by atoms with Crippen LogP contribution in [0.4, 0.5) is 17.1 Å². The molecule has 0 saturated carbocycles. The molecule has 0 amide bonds. The Morgan fingerprint density at radius 1 is 0.383 bits per heavy atom. The second-order valence-corrected chi connectivity index (χ2v) is 18.0. The van der Waals surface area contributed by atoms with Gasteiger partial charge in [0.2, 0.25) is 0 Å². The third-order valence-electron chi connectivity index (χ3n) is 13.3. The van der Waals surface area contributed by atoms with Crippen LogP contribution in [0.3, 0.4) is 0 Å². The van der Waals surface area contributed by atoms with Gasteiger partial charge < -0.3 is 9.30 Å². The first-order valence-corrected chi connectivity index (χ1v) is 21.7. The molecule has 1 aliphatic carbocycles. The summed E-state index contributed by atoms with van der Waals surface area (Å²) in [5.41, 5.74) is 17.4. The second kappa shape index (κ2) is 12.4. The molecule has 0 N–H and O–H groups in total. The highest BCUT2D eigenvalue weighted by Gasteiger charge is 2.36. The van der Waals surface area contributed by atoms with Gasteiger partial charge in [-0.1, -0.05) is 147 Å². The number of para-hydroxylation sites is 3. The van der Waals surface area contributed by atoms with Crippen molar-refractivity contribution in [3.63, 3.8) is 0 Å². The Hall–Kier alpha value is -7.20. The second-order valence-electron chi connectivity index (χ2n) is 16.9. The van der Waals surface area contributed by atoms with Crippen molar-refractivity contribution in [1.29, 1.82) is 0 Å². The molecule has 3 heteroatoms. The van der Waals surface area contributed by atoms with Gasteiger partial charge in [-0.15, -0.1) is 11.3 Å². The fraction of sp³-hybridized carbons (Fsp3) is 0.0526. The summed E-state index contributed by atoms with van der Waals surface area (Å²) in [5, 5.41) is 7.84. The first-order valence-electron chi connectivity index (χ1n) is 20.8. The Kier molecular flexibility index (Phi) is 6.98. The van der Waals surface area contributed by atoms with E-state index in [9.17, 15) is 0 Å². The Morgan fingerprint density at radius 3 is 1.78 bits per heavy atom. The quantitative estimate of drug-likeness (QED) is 0.169. The van der Waals surface area contributed by atoms with Crippen LogP contribution in [0.5, 0.6) is 0 Å². The van der Waals surface area contributed by atoms with Gasteiger partial charge in [0.1, 0.15) is 0 Å². The molecule has 0 atom stereocenters. The Bertz CT molecular complexity index is 3680. The first kappa shape index (κ1) is 33.7. The van der Waals surface area contributed by atoms with Crippen LogP contribution in [0.25, 0.3) is 91.6 Å². The van der Waals surface area contributed by atoms with Crippen LogP contribution < -0.4 is 4.90 Å². The summed E-state index contributed by atoms with van der Waals surface area (Å²) in [4.78, 5) is 2.44. The average Bonchev–Trinajstić information content (AvgIpc) is 4.01. The minimum Gasteiger partial charge on any atom is -0.310 e. The van der Waals surface area contributed by atoms with Crippen molar-refractivity contribution in [3.8, 4) is 33.4 Å². The van der Waals surface area contributed by atoms with Crippen LogP contribution in [-0.4, -0.2) is 4.40 Å². The van der Waals surface area contributed by atoms with E-state index in [-0.39, 0.29) is 5.41 Å². The largest absolute Gasteiger partial charge is 0.310 e. The summed E-state index contributed by atoms with van der Waals surface area (Å²) in [5.74, 6) is 0. The molecule has 0 radical (unpaired) electrons. The van der Waals surface area contributed by atoms with Crippen molar-refractivity contribution in [2.75, 3.05) is 4.90 Å². The Morgan fingerprint density at radius 2 is 0.950 bits per heavy atom. The van der Waals surface area contributed by atoms with Crippen molar-refractivity contribution in [3.05, 3.63) is 205 Å². The lowest BCUT2D eigenvalue weighted by Crippen LogP contribution is -2.16. The SMILES string of the molecule is CC1(C)c2cc(-c3cccc4c5cccc6c7ccccc7n(c34)c65)ccc2-c2ccc(N(c3ccc(-c4ccccc4)cc3)c3ccc4sc5ccccc5c4c3)cc21. The highest BCUT2D eigenvalue weighted by molar-refractivity contribution is 7.25. The van der Waals surface area contributed by atoms with E-state index in [1.807, 2.05) is 11.3 Å². The monoisotopic (exact) mass is 782 g/mol. The van der Waals surface area contributed by atoms with E-state index < -0.39 is 0 Å². The molecule has 0 fully saturated rings. The molecule has 0 unspecified atom stereocenters. The van der Waals surface area contributed by atoms with Crippen molar-refractivity contribution in [2.45, 2.75) is 19.3 Å². The van der Waals surface area contributed by atoms with Gasteiger partial charge in [0.15, 0.2) is 0 Å². The zero-order chi connectivity index (χ0) is 39.7. The van der Waals surface area contributed by atoms with Crippen LogP contribution in [0.1, 0.15) is 25.0 Å². The zero-order valence-corrected chi connectivity index (χ0v) is 34.1. The molecule has 0 saturated heterocycles. The maximum atomic E-state index is 2.52. The molecule has 9 aromatic carbocycles. The fourth-order valence-electron chi connectivity index (χ4n) is 10.5. The summed E-state index contributed by atoms with van der Waals surface area (Å²) in [6.45, 7) is 4.81. The first-order chi connectivity index (χ1) is 29.5. The molecule has 3 aromatic heterocycles. The van der Waals surface area contributed by atoms with E-state index in [0.717, 1.165) is 17.1 Å². The third kappa shape index (κ3) is 4.70. The minimum atomic E-state index is -0.221. The molecule has 12 aromatic rings. The number of aromatic nitrogens is 1. The Balaban J connectivity index is 0.958. The van der Waals surface area contributed by atoms with Gasteiger partial charge in [0.05, 0.1) is 16.6 Å². The lowest BCUT2D eigenvalue weighted by Gasteiger charge is -2.28. The number of benzene rings is 9. The normalized spacial score (nSPS) is 13.3. The standard InChI is InChI=1S/C57H38N2S/c1-57(2)50-32-37(41-16-10-18-47-48-19-11-17-46-44-14-6-8-20-52(44)59(55(41)47)56(46)48)24-29-42(50)43-30-27-40(34-51(43)57)58(38-25-22-36(23-26-38)35-12-4-3-5-13-35)39-28-31-54-49(33-39)45-15-7-9-21-53(45)60-54/h3-34H,1-2H3. The van der Waals surface area contributed by atoms with Crippen molar-refractivity contribution >= 4 is 86.7 Å². The third-order valence-corrected chi connectivity index (χ3v) is 14.5. The maximum Gasteiger partial charge on any atom is 0.0620 e.